The zero-order valence-electron chi connectivity index (χ0n) is 9.16. The molecule has 0 spiro atoms. The zero-order valence-corrected chi connectivity index (χ0v) is 9.16. The highest BCUT2D eigenvalue weighted by Gasteiger charge is 2.47. The molecule has 3 heteroatoms. The lowest BCUT2D eigenvalue weighted by Gasteiger charge is -2.31. The highest BCUT2D eigenvalue weighted by molar-refractivity contribution is 5.94. The van der Waals surface area contributed by atoms with Gasteiger partial charge >= 0.3 is 5.97 Å². The molecule has 1 saturated carbocycles. The van der Waals surface area contributed by atoms with Crippen molar-refractivity contribution in [1.82, 2.24) is 0 Å². The molecule has 0 saturated heterocycles. The fraction of sp³-hybridized carbons (Fsp3) is 0.667. The van der Waals surface area contributed by atoms with E-state index in [1.807, 2.05) is 6.92 Å². The van der Waals surface area contributed by atoms with Gasteiger partial charge in [0.05, 0.1) is 0 Å². The lowest BCUT2D eigenvalue weighted by molar-refractivity contribution is -0.161. The minimum absolute atomic E-state index is 0.101. The van der Waals surface area contributed by atoms with Crippen LogP contribution in [0.5, 0.6) is 0 Å². The molecule has 0 amide bonds. The maximum atomic E-state index is 11.4. The number of allylic oxidation sites excluding steroid dienone is 1. The molecule has 0 N–H and O–H groups in total. The van der Waals surface area contributed by atoms with Crippen molar-refractivity contribution in [1.29, 1.82) is 0 Å². The van der Waals surface area contributed by atoms with Crippen LogP contribution in [0.2, 0.25) is 0 Å². The van der Waals surface area contributed by atoms with Gasteiger partial charge in [-0.25, -0.2) is 0 Å². The molecule has 2 aliphatic rings. The topological polar surface area (TPSA) is 43.4 Å². The van der Waals surface area contributed by atoms with Crippen molar-refractivity contribution in [2.45, 2.75) is 38.7 Å². The summed E-state index contributed by atoms with van der Waals surface area (Å²) in [4.78, 5) is 22.2. The van der Waals surface area contributed by atoms with Gasteiger partial charge in [0.25, 0.3) is 0 Å². The van der Waals surface area contributed by atoms with Crippen molar-refractivity contribution in [3.8, 4) is 0 Å². The molecule has 0 aromatic carbocycles. The highest BCUT2D eigenvalue weighted by atomic mass is 16.6. The third-order valence-corrected chi connectivity index (χ3v) is 3.36. The van der Waals surface area contributed by atoms with Gasteiger partial charge in [-0.05, 0) is 32.6 Å². The molecule has 2 aliphatic carbocycles. The normalized spacial score (nSPS) is 36.9. The molecular formula is C12H16O3. The predicted molar refractivity (Wildman–Crippen MR) is 55.1 cm³/mol. The second kappa shape index (κ2) is 3.47. The van der Waals surface area contributed by atoms with Crippen LogP contribution in [0.4, 0.5) is 0 Å². The summed E-state index contributed by atoms with van der Waals surface area (Å²) in [6.07, 6.45) is 6.22. The number of Topliss-reactive ketones (excluding diaryl/α,β-unsaturated/α-hetero) is 1. The summed E-state index contributed by atoms with van der Waals surface area (Å²) >= 11 is 0. The molecule has 0 heterocycles. The molecule has 0 aromatic heterocycles. The molecule has 3 atom stereocenters. The number of rotatable bonds is 3. The van der Waals surface area contributed by atoms with E-state index in [9.17, 15) is 9.59 Å². The third-order valence-electron chi connectivity index (χ3n) is 3.36. The number of carbonyl (C=O) groups is 2. The lowest BCUT2D eigenvalue weighted by atomic mass is 9.90. The van der Waals surface area contributed by atoms with Gasteiger partial charge in [0.1, 0.15) is 17.8 Å². The molecule has 0 radical (unpaired) electrons. The zero-order chi connectivity index (χ0) is 11.1. The largest absolute Gasteiger partial charge is 0.458 e. The van der Waals surface area contributed by atoms with Crippen molar-refractivity contribution in [2.24, 2.45) is 11.8 Å². The van der Waals surface area contributed by atoms with Crippen LogP contribution in [0.15, 0.2) is 12.2 Å². The number of ketones is 1. The van der Waals surface area contributed by atoms with E-state index in [-0.39, 0.29) is 23.8 Å². The molecule has 2 bridgehead atoms. The molecule has 2 rings (SSSR count). The van der Waals surface area contributed by atoms with Crippen molar-refractivity contribution in [2.75, 3.05) is 0 Å². The van der Waals surface area contributed by atoms with Crippen LogP contribution < -0.4 is 0 Å². The smallest absolute Gasteiger partial charge is 0.313 e. The van der Waals surface area contributed by atoms with E-state index in [4.69, 9.17) is 4.74 Å². The van der Waals surface area contributed by atoms with Gasteiger partial charge in [-0.1, -0.05) is 12.2 Å². The molecule has 3 nitrogen and oxygen atoms in total. The number of ether oxygens (including phenoxy) is 1. The number of hydrogen-bond acceptors (Lipinski definition) is 3. The number of hydrogen-bond donors (Lipinski definition) is 0. The van der Waals surface area contributed by atoms with Crippen LogP contribution in [0.3, 0.4) is 0 Å². The Labute approximate surface area is 89.5 Å². The van der Waals surface area contributed by atoms with Crippen molar-refractivity contribution in [3.05, 3.63) is 12.2 Å². The minimum Gasteiger partial charge on any atom is -0.458 e. The van der Waals surface area contributed by atoms with Crippen molar-refractivity contribution < 1.29 is 14.3 Å². The fourth-order valence-electron chi connectivity index (χ4n) is 2.67. The highest BCUT2D eigenvalue weighted by Crippen LogP contribution is 2.48. The molecule has 82 valence electrons. The van der Waals surface area contributed by atoms with E-state index in [1.54, 1.807) is 0 Å². The predicted octanol–water partition coefficient (Wildman–Crippen LogP) is 1.86. The SMILES string of the molecule is CC(=O)CC(=O)O[C@]1(C)C[C@@H]2C=C[C@H]1C2. The Balaban J connectivity index is 1.97. The first-order valence-corrected chi connectivity index (χ1v) is 5.39. The minimum atomic E-state index is -0.383. The van der Waals surface area contributed by atoms with Gasteiger partial charge in [-0.3, -0.25) is 9.59 Å². The van der Waals surface area contributed by atoms with Crippen molar-refractivity contribution >= 4 is 11.8 Å². The van der Waals surface area contributed by atoms with E-state index in [1.165, 1.54) is 6.92 Å². The van der Waals surface area contributed by atoms with Gasteiger partial charge in [0, 0.05) is 5.92 Å². The Morgan fingerprint density at radius 1 is 1.47 bits per heavy atom. The first-order chi connectivity index (χ1) is 6.99. The number of fused-ring (bicyclic) bond motifs is 2. The molecule has 0 aromatic rings. The first-order valence-electron chi connectivity index (χ1n) is 5.39. The average Bonchev–Trinajstić information content (AvgIpc) is 2.59. The number of esters is 1. The third kappa shape index (κ3) is 1.96. The summed E-state index contributed by atoms with van der Waals surface area (Å²) in [6, 6.07) is 0. The van der Waals surface area contributed by atoms with Crippen LogP contribution >= 0.6 is 0 Å². The second-order valence-electron chi connectivity index (χ2n) is 4.86. The van der Waals surface area contributed by atoms with Crippen LogP contribution in [0.1, 0.15) is 33.1 Å². The second-order valence-corrected chi connectivity index (χ2v) is 4.86. The van der Waals surface area contributed by atoms with E-state index >= 15 is 0 Å². The molecule has 0 unspecified atom stereocenters. The van der Waals surface area contributed by atoms with Crippen LogP contribution in [-0.2, 0) is 14.3 Å². The molecule has 0 aliphatic heterocycles. The fourth-order valence-corrected chi connectivity index (χ4v) is 2.67. The average molecular weight is 208 g/mol. The van der Waals surface area contributed by atoms with Gasteiger partial charge in [-0.2, -0.15) is 0 Å². The van der Waals surface area contributed by atoms with Crippen LogP contribution in [0.25, 0.3) is 0 Å². The maximum absolute atomic E-state index is 11.4. The standard InChI is InChI=1S/C12H16O3/c1-8(13)5-11(14)15-12(2)7-9-3-4-10(12)6-9/h3-4,9-10H,5-7H2,1-2H3/t9-,10+,12-/m1/s1. The summed E-state index contributed by atoms with van der Waals surface area (Å²) in [5, 5.41) is 0. The van der Waals surface area contributed by atoms with Gasteiger partial charge < -0.3 is 4.74 Å². The Hall–Kier alpha value is -1.12. The monoisotopic (exact) mass is 208 g/mol. The Morgan fingerprint density at radius 3 is 2.67 bits per heavy atom. The molecule has 15 heavy (non-hydrogen) atoms. The molecule has 1 fully saturated rings. The van der Waals surface area contributed by atoms with Crippen LogP contribution in [-0.4, -0.2) is 17.4 Å². The Kier molecular flexibility index (Phi) is 2.41. The van der Waals surface area contributed by atoms with E-state index in [0.29, 0.717) is 11.8 Å². The summed E-state index contributed by atoms with van der Waals surface area (Å²) < 4.78 is 5.43. The van der Waals surface area contributed by atoms with Gasteiger partial charge in [-0.15, -0.1) is 0 Å². The van der Waals surface area contributed by atoms with E-state index < -0.39 is 0 Å². The summed E-state index contributed by atoms with van der Waals surface area (Å²) in [7, 11) is 0. The maximum Gasteiger partial charge on any atom is 0.313 e. The Bertz CT molecular complexity index is 332. The number of carbonyl (C=O) groups excluding carboxylic acids is 2. The van der Waals surface area contributed by atoms with Gasteiger partial charge in [0.2, 0.25) is 0 Å². The van der Waals surface area contributed by atoms with E-state index in [2.05, 4.69) is 12.2 Å². The lowest BCUT2D eigenvalue weighted by Crippen LogP contribution is -2.36. The summed E-state index contributed by atoms with van der Waals surface area (Å²) in [6.45, 7) is 3.38. The molecular weight excluding hydrogens is 192 g/mol. The first kappa shape index (κ1) is 10.4. The summed E-state index contributed by atoms with van der Waals surface area (Å²) in [5.74, 6) is 0.386. The van der Waals surface area contributed by atoms with Crippen molar-refractivity contribution in [3.63, 3.8) is 0 Å². The van der Waals surface area contributed by atoms with Gasteiger partial charge in [0.15, 0.2) is 0 Å². The summed E-state index contributed by atoms with van der Waals surface area (Å²) in [5.41, 5.74) is -0.369. The Morgan fingerprint density at radius 2 is 2.20 bits per heavy atom. The van der Waals surface area contributed by atoms with E-state index in [0.717, 1.165) is 12.8 Å². The van der Waals surface area contributed by atoms with Crippen LogP contribution in [0, 0.1) is 11.8 Å². The quantitative estimate of drug-likeness (QED) is 0.404.